The Morgan fingerprint density at radius 3 is 2.25 bits per heavy atom. The molecule has 3 nitrogen and oxygen atoms in total. The van der Waals surface area contributed by atoms with Gasteiger partial charge in [-0.3, -0.25) is 0 Å². The quantitative estimate of drug-likeness (QED) is 0.629. The Labute approximate surface area is 113 Å². The number of pyridine rings is 1. The zero-order chi connectivity index (χ0) is 15.6. The maximum Gasteiger partial charge on any atom is 0.573 e. The van der Waals surface area contributed by atoms with Crippen LogP contribution in [0, 0.1) is 11.3 Å². The smallest absolute Gasteiger partial charge is 0.403 e. The zero-order valence-corrected chi connectivity index (χ0v) is 10.2. The van der Waals surface area contributed by atoms with Crippen LogP contribution in [-0.2, 0) is 18.5 Å². The highest BCUT2D eigenvalue weighted by molar-refractivity contribution is 6.17. The Hall–Kier alpha value is -1.69. The minimum Gasteiger partial charge on any atom is -0.403 e. The van der Waals surface area contributed by atoms with Crippen LogP contribution in [0.25, 0.3) is 0 Å². The van der Waals surface area contributed by atoms with Gasteiger partial charge in [0, 0.05) is 5.56 Å². The molecule has 0 unspecified atom stereocenters. The predicted molar refractivity (Wildman–Crippen MR) is 54.8 cm³/mol. The van der Waals surface area contributed by atoms with Crippen LogP contribution in [0.2, 0.25) is 0 Å². The minimum absolute atomic E-state index is 0.343. The van der Waals surface area contributed by atoms with Gasteiger partial charge in [0.2, 0.25) is 0 Å². The van der Waals surface area contributed by atoms with Gasteiger partial charge in [-0.15, -0.1) is 24.8 Å². The van der Waals surface area contributed by atoms with Gasteiger partial charge >= 0.3 is 12.5 Å². The Morgan fingerprint density at radius 1 is 1.25 bits per heavy atom. The Bertz CT molecular complexity index is 534. The molecule has 0 fully saturated rings. The highest BCUT2D eigenvalue weighted by Gasteiger charge is 2.42. The molecule has 0 saturated carbocycles. The van der Waals surface area contributed by atoms with Crippen molar-refractivity contribution in [2.24, 2.45) is 0 Å². The number of nitriles is 1. The van der Waals surface area contributed by atoms with E-state index in [1.807, 2.05) is 0 Å². The molecule has 0 aliphatic rings. The summed E-state index contributed by atoms with van der Waals surface area (Å²) in [7, 11) is 0. The van der Waals surface area contributed by atoms with Crippen molar-refractivity contribution >= 4 is 11.6 Å². The highest BCUT2D eigenvalue weighted by Crippen LogP contribution is 2.40. The van der Waals surface area contributed by atoms with Gasteiger partial charge in [-0.05, 0) is 6.07 Å². The van der Waals surface area contributed by atoms with Crippen LogP contribution in [0.5, 0.6) is 5.75 Å². The summed E-state index contributed by atoms with van der Waals surface area (Å²) in [5.41, 5.74) is -2.75. The van der Waals surface area contributed by atoms with Crippen molar-refractivity contribution in [3.63, 3.8) is 0 Å². The number of aromatic nitrogens is 1. The van der Waals surface area contributed by atoms with Crippen LogP contribution >= 0.6 is 11.6 Å². The molecule has 0 aliphatic heterocycles. The van der Waals surface area contributed by atoms with E-state index in [-0.39, 0.29) is 5.69 Å². The monoisotopic (exact) mass is 318 g/mol. The van der Waals surface area contributed by atoms with E-state index in [0.29, 0.717) is 0 Å². The summed E-state index contributed by atoms with van der Waals surface area (Å²) < 4.78 is 78.0. The van der Waals surface area contributed by atoms with Crippen molar-refractivity contribution in [1.82, 2.24) is 4.98 Å². The van der Waals surface area contributed by atoms with E-state index < -0.39 is 41.8 Å². The summed E-state index contributed by atoms with van der Waals surface area (Å²) in [6.45, 7) is 0. The number of hydrogen-bond donors (Lipinski definition) is 0. The highest BCUT2D eigenvalue weighted by atomic mass is 35.5. The van der Waals surface area contributed by atoms with E-state index in [2.05, 4.69) is 9.72 Å². The molecule has 0 aromatic carbocycles. The largest absolute Gasteiger partial charge is 0.573 e. The molecule has 0 N–H and O–H groups in total. The first-order chi connectivity index (χ1) is 9.08. The molecule has 110 valence electrons. The number of rotatable bonds is 3. The Balaban J connectivity index is 3.49. The van der Waals surface area contributed by atoms with Crippen molar-refractivity contribution < 1.29 is 31.1 Å². The van der Waals surface area contributed by atoms with Gasteiger partial charge in [0.25, 0.3) is 0 Å². The SMILES string of the molecule is N#CCc1cc(CCl)c(OC(F)(F)F)c(C(F)(F)F)n1. The second-order valence-electron chi connectivity index (χ2n) is 3.46. The van der Waals surface area contributed by atoms with Gasteiger partial charge in [-0.2, -0.15) is 18.4 Å². The van der Waals surface area contributed by atoms with Crippen molar-refractivity contribution in [2.75, 3.05) is 0 Å². The molecule has 10 heteroatoms. The maximum atomic E-state index is 12.7. The van der Waals surface area contributed by atoms with Crippen LogP contribution in [0.4, 0.5) is 26.3 Å². The first-order valence-electron chi connectivity index (χ1n) is 4.87. The summed E-state index contributed by atoms with van der Waals surface area (Å²) in [5.74, 6) is -2.16. The molecule has 1 aromatic rings. The van der Waals surface area contributed by atoms with Crippen molar-refractivity contribution in [2.45, 2.75) is 24.8 Å². The molecule has 20 heavy (non-hydrogen) atoms. The molecular formula is C10H5ClF6N2O. The molecule has 0 spiro atoms. The van der Waals surface area contributed by atoms with Gasteiger partial charge in [-0.25, -0.2) is 4.98 Å². The standard InChI is InChI=1S/C10H5ClF6N2O/c11-4-5-3-6(1-2-18)19-8(9(12,13)14)7(5)20-10(15,16)17/h3H,1,4H2. The fraction of sp³-hybridized carbons (Fsp3) is 0.400. The van der Waals surface area contributed by atoms with Crippen LogP contribution in [-0.4, -0.2) is 11.3 Å². The number of nitrogens with zero attached hydrogens (tertiary/aromatic N) is 2. The first kappa shape index (κ1) is 16.4. The number of halogens is 7. The number of ether oxygens (including phenoxy) is 1. The summed E-state index contributed by atoms with van der Waals surface area (Å²) in [5, 5.41) is 8.42. The molecule has 0 bridgehead atoms. The Kier molecular flexibility index (Phi) is 4.70. The molecule has 1 aromatic heterocycles. The molecule has 1 heterocycles. The van der Waals surface area contributed by atoms with E-state index in [1.54, 1.807) is 6.07 Å². The third kappa shape index (κ3) is 4.16. The number of alkyl halides is 7. The second-order valence-corrected chi connectivity index (χ2v) is 3.73. The van der Waals surface area contributed by atoms with Gasteiger partial charge in [-0.1, -0.05) is 0 Å². The lowest BCUT2D eigenvalue weighted by Gasteiger charge is -2.18. The van der Waals surface area contributed by atoms with Gasteiger partial charge in [0.1, 0.15) is 0 Å². The van der Waals surface area contributed by atoms with E-state index in [4.69, 9.17) is 16.9 Å². The lowest BCUT2D eigenvalue weighted by atomic mass is 10.1. The lowest BCUT2D eigenvalue weighted by molar-refractivity contribution is -0.276. The van der Waals surface area contributed by atoms with Crippen molar-refractivity contribution in [3.8, 4) is 11.8 Å². The molecule has 0 atom stereocenters. The van der Waals surface area contributed by atoms with Crippen LogP contribution < -0.4 is 4.74 Å². The fourth-order valence-corrected chi connectivity index (χ4v) is 1.54. The average molecular weight is 319 g/mol. The molecule has 1 rings (SSSR count). The Morgan fingerprint density at radius 2 is 1.85 bits per heavy atom. The third-order valence-corrected chi connectivity index (χ3v) is 2.28. The predicted octanol–water partition coefficient (Wildman–Crippen LogP) is 3.80. The number of hydrogen-bond acceptors (Lipinski definition) is 3. The van der Waals surface area contributed by atoms with Crippen molar-refractivity contribution in [3.05, 3.63) is 23.0 Å². The summed E-state index contributed by atoms with van der Waals surface area (Å²) >= 11 is 5.33. The normalized spacial score (nSPS) is 12.1. The van der Waals surface area contributed by atoms with Gasteiger partial charge in [0.15, 0.2) is 11.4 Å². The van der Waals surface area contributed by atoms with E-state index in [1.165, 1.54) is 0 Å². The van der Waals surface area contributed by atoms with Crippen LogP contribution in [0.15, 0.2) is 6.07 Å². The summed E-state index contributed by atoms with van der Waals surface area (Å²) in [6, 6.07) is 2.41. The topological polar surface area (TPSA) is 45.9 Å². The van der Waals surface area contributed by atoms with Crippen LogP contribution in [0.3, 0.4) is 0 Å². The van der Waals surface area contributed by atoms with Crippen LogP contribution in [0.1, 0.15) is 17.0 Å². The average Bonchev–Trinajstić information content (AvgIpc) is 2.27. The van der Waals surface area contributed by atoms with E-state index >= 15 is 0 Å². The summed E-state index contributed by atoms with van der Waals surface area (Å²) in [6.07, 6.45) is -11.0. The van der Waals surface area contributed by atoms with Crippen molar-refractivity contribution in [1.29, 1.82) is 5.26 Å². The zero-order valence-electron chi connectivity index (χ0n) is 9.44. The fourth-order valence-electron chi connectivity index (χ4n) is 1.34. The van der Waals surface area contributed by atoms with E-state index in [9.17, 15) is 26.3 Å². The molecule has 0 radical (unpaired) electrons. The lowest BCUT2D eigenvalue weighted by Crippen LogP contribution is -2.22. The molecule has 0 amide bonds. The van der Waals surface area contributed by atoms with Gasteiger partial charge in [0.05, 0.1) is 24.1 Å². The third-order valence-electron chi connectivity index (χ3n) is 1.99. The minimum atomic E-state index is -5.32. The first-order valence-corrected chi connectivity index (χ1v) is 5.40. The van der Waals surface area contributed by atoms with Gasteiger partial charge < -0.3 is 4.74 Å². The second kappa shape index (κ2) is 5.75. The van der Waals surface area contributed by atoms with E-state index in [0.717, 1.165) is 6.07 Å². The maximum absolute atomic E-state index is 12.7. The summed E-state index contributed by atoms with van der Waals surface area (Å²) in [4.78, 5) is 3.00. The molecule has 0 saturated heterocycles. The molecule has 0 aliphatic carbocycles. The molecular weight excluding hydrogens is 314 g/mol.